The first-order chi connectivity index (χ1) is 9.62. The third-order valence-electron chi connectivity index (χ3n) is 3.11. The van der Waals surface area contributed by atoms with Crippen LogP contribution in [0.3, 0.4) is 0 Å². The van der Waals surface area contributed by atoms with Crippen molar-refractivity contribution in [2.75, 3.05) is 19.8 Å². The normalized spacial score (nSPS) is 13.1. The lowest BCUT2D eigenvalue weighted by Crippen LogP contribution is -2.45. The summed E-state index contributed by atoms with van der Waals surface area (Å²) in [5.74, 6) is 0. The largest absolute Gasteiger partial charge is 0.351 e. The van der Waals surface area contributed by atoms with Crippen LogP contribution in [0.25, 0.3) is 0 Å². The van der Waals surface area contributed by atoms with Gasteiger partial charge >= 0.3 is 0 Å². The smallest absolute Gasteiger partial charge is 0.173 e. The van der Waals surface area contributed by atoms with Gasteiger partial charge in [0.1, 0.15) is 0 Å². The van der Waals surface area contributed by atoms with Crippen molar-refractivity contribution in [3.05, 3.63) is 15.6 Å². The molecule has 0 aliphatic carbocycles. The quantitative estimate of drug-likeness (QED) is 0.674. The first kappa shape index (κ1) is 17.6. The average Bonchev–Trinajstić information content (AvgIpc) is 2.73. The molecule has 0 bridgehead atoms. The molecule has 1 heterocycles. The molecule has 1 aromatic rings. The molecule has 5 heteroatoms. The lowest BCUT2D eigenvalue weighted by Gasteiger charge is -2.27. The molecule has 0 aliphatic rings. The Morgan fingerprint density at radius 1 is 1.15 bits per heavy atom. The topological polar surface area (TPSA) is 43.4 Å². The van der Waals surface area contributed by atoms with Gasteiger partial charge in [0.2, 0.25) is 0 Å². The fraction of sp³-hybridized carbons (Fsp3) is 0.800. The van der Waals surface area contributed by atoms with Crippen molar-refractivity contribution in [3.63, 3.8) is 0 Å². The van der Waals surface area contributed by atoms with Gasteiger partial charge in [0.25, 0.3) is 0 Å². The number of hydrogen-bond donors (Lipinski definition) is 1. The molecule has 0 fully saturated rings. The number of aromatic nitrogens is 1. The summed E-state index contributed by atoms with van der Waals surface area (Å²) in [6, 6.07) is 0.153. The Labute approximate surface area is 126 Å². The van der Waals surface area contributed by atoms with Gasteiger partial charge in [-0.15, -0.1) is 11.3 Å². The van der Waals surface area contributed by atoms with E-state index in [4.69, 9.17) is 9.47 Å². The van der Waals surface area contributed by atoms with Gasteiger partial charge in [-0.3, -0.25) is 0 Å². The van der Waals surface area contributed by atoms with Crippen LogP contribution >= 0.6 is 11.3 Å². The van der Waals surface area contributed by atoms with Gasteiger partial charge in [-0.1, -0.05) is 6.92 Å². The van der Waals surface area contributed by atoms with Crippen LogP contribution < -0.4 is 5.32 Å². The number of nitrogens with zero attached hydrogens (tertiary/aromatic N) is 1. The minimum atomic E-state index is -0.207. The van der Waals surface area contributed by atoms with Gasteiger partial charge < -0.3 is 14.8 Å². The highest BCUT2D eigenvalue weighted by Crippen LogP contribution is 2.19. The zero-order chi connectivity index (χ0) is 15.0. The molecule has 1 aromatic heterocycles. The van der Waals surface area contributed by atoms with Crippen LogP contribution in [0.2, 0.25) is 0 Å². The molecule has 1 rings (SSSR count). The maximum Gasteiger partial charge on any atom is 0.173 e. The van der Waals surface area contributed by atoms with E-state index in [0.717, 1.165) is 30.1 Å². The number of thiazole rings is 1. The molecule has 0 amide bonds. The summed E-state index contributed by atoms with van der Waals surface area (Å²) in [4.78, 5) is 5.92. The lowest BCUT2D eigenvalue weighted by molar-refractivity contribution is -0.153. The summed E-state index contributed by atoms with van der Waals surface area (Å²) in [6.07, 6.45) is 1.74. The molecule has 1 unspecified atom stereocenters. The molecule has 0 saturated heterocycles. The van der Waals surface area contributed by atoms with Gasteiger partial charge in [0, 0.05) is 24.5 Å². The second-order valence-corrected chi connectivity index (χ2v) is 6.08. The molecule has 0 saturated carbocycles. The van der Waals surface area contributed by atoms with Crippen LogP contribution in [0.15, 0.2) is 0 Å². The van der Waals surface area contributed by atoms with E-state index in [1.165, 1.54) is 4.88 Å². The van der Waals surface area contributed by atoms with E-state index in [-0.39, 0.29) is 12.3 Å². The Balaban J connectivity index is 2.75. The highest BCUT2D eigenvalue weighted by Gasteiger charge is 2.23. The second kappa shape index (κ2) is 9.45. The zero-order valence-corrected chi connectivity index (χ0v) is 14.2. The minimum absolute atomic E-state index is 0.153. The van der Waals surface area contributed by atoms with Crippen molar-refractivity contribution in [2.24, 2.45) is 0 Å². The van der Waals surface area contributed by atoms with E-state index in [1.807, 2.05) is 13.8 Å². The molecule has 0 radical (unpaired) electrons. The number of aryl methyl sites for hydroxylation is 2. The number of hydrogen-bond acceptors (Lipinski definition) is 5. The van der Waals surface area contributed by atoms with Gasteiger partial charge in [-0.25, -0.2) is 4.98 Å². The number of ether oxygens (including phenoxy) is 2. The monoisotopic (exact) mass is 300 g/mol. The number of nitrogens with one attached hydrogen (secondary N) is 1. The van der Waals surface area contributed by atoms with Gasteiger partial charge in [-0.2, -0.15) is 0 Å². The van der Waals surface area contributed by atoms with E-state index in [9.17, 15) is 0 Å². The SMILES string of the molecule is CCCNC(Cc1nc(C)c(C)s1)C(OCC)OCC. The molecule has 4 nitrogen and oxygen atoms in total. The van der Waals surface area contributed by atoms with Gasteiger partial charge in [0.15, 0.2) is 6.29 Å². The fourth-order valence-electron chi connectivity index (χ4n) is 2.02. The molecule has 20 heavy (non-hydrogen) atoms. The van der Waals surface area contributed by atoms with Crippen LogP contribution in [0, 0.1) is 13.8 Å². The minimum Gasteiger partial charge on any atom is -0.351 e. The third-order valence-corrected chi connectivity index (χ3v) is 4.21. The van der Waals surface area contributed by atoms with Crippen LogP contribution in [0.4, 0.5) is 0 Å². The summed E-state index contributed by atoms with van der Waals surface area (Å²) in [7, 11) is 0. The Kier molecular flexibility index (Phi) is 8.30. The summed E-state index contributed by atoms with van der Waals surface area (Å²) in [6.45, 7) is 12.6. The van der Waals surface area contributed by atoms with Crippen molar-refractivity contribution in [2.45, 2.75) is 59.8 Å². The van der Waals surface area contributed by atoms with Crippen LogP contribution in [-0.2, 0) is 15.9 Å². The summed E-state index contributed by atoms with van der Waals surface area (Å²) >= 11 is 1.77. The molecular formula is C15H28N2O2S. The van der Waals surface area contributed by atoms with Crippen molar-refractivity contribution in [3.8, 4) is 0 Å². The molecule has 116 valence electrons. The van der Waals surface area contributed by atoms with E-state index in [0.29, 0.717) is 13.2 Å². The predicted octanol–water partition coefficient (Wildman–Crippen LogP) is 3.07. The van der Waals surface area contributed by atoms with E-state index < -0.39 is 0 Å². The predicted molar refractivity (Wildman–Crippen MR) is 84.4 cm³/mol. The Morgan fingerprint density at radius 2 is 1.80 bits per heavy atom. The van der Waals surface area contributed by atoms with Crippen LogP contribution in [0.5, 0.6) is 0 Å². The van der Waals surface area contributed by atoms with Gasteiger partial charge in [0.05, 0.1) is 16.7 Å². The average molecular weight is 300 g/mol. The number of rotatable bonds is 10. The molecule has 0 spiro atoms. The van der Waals surface area contributed by atoms with Gasteiger partial charge in [-0.05, 0) is 40.7 Å². The van der Waals surface area contributed by atoms with Crippen molar-refractivity contribution >= 4 is 11.3 Å². The standard InChI is InChI=1S/C15H28N2O2S/c1-6-9-16-13(15(18-7-2)19-8-3)10-14-17-11(4)12(5)20-14/h13,15-16H,6-10H2,1-5H3. The molecule has 0 aromatic carbocycles. The maximum atomic E-state index is 5.74. The van der Waals surface area contributed by atoms with Crippen LogP contribution in [0.1, 0.15) is 42.8 Å². The van der Waals surface area contributed by atoms with Crippen LogP contribution in [-0.4, -0.2) is 37.1 Å². The highest BCUT2D eigenvalue weighted by atomic mass is 32.1. The third kappa shape index (κ3) is 5.48. The maximum absolute atomic E-state index is 5.74. The first-order valence-corrected chi connectivity index (χ1v) is 8.33. The first-order valence-electron chi connectivity index (χ1n) is 7.51. The highest BCUT2D eigenvalue weighted by molar-refractivity contribution is 7.11. The molecule has 1 atom stereocenters. The Hall–Kier alpha value is -0.490. The Bertz CT molecular complexity index is 356. The molecule has 1 N–H and O–H groups in total. The molecule has 0 aliphatic heterocycles. The summed E-state index contributed by atoms with van der Waals surface area (Å²) < 4.78 is 11.5. The molecular weight excluding hydrogens is 272 g/mol. The van der Waals surface area contributed by atoms with Crippen molar-refractivity contribution in [1.29, 1.82) is 0 Å². The lowest BCUT2D eigenvalue weighted by atomic mass is 10.2. The fourth-order valence-corrected chi connectivity index (χ4v) is 3.01. The van der Waals surface area contributed by atoms with E-state index in [2.05, 4.69) is 31.1 Å². The van der Waals surface area contributed by atoms with E-state index in [1.54, 1.807) is 11.3 Å². The Morgan fingerprint density at radius 3 is 2.25 bits per heavy atom. The zero-order valence-electron chi connectivity index (χ0n) is 13.4. The summed E-state index contributed by atoms with van der Waals surface area (Å²) in [5.41, 5.74) is 1.13. The van der Waals surface area contributed by atoms with Crippen molar-refractivity contribution in [1.82, 2.24) is 10.3 Å². The van der Waals surface area contributed by atoms with Crippen molar-refractivity contribution < 1.29 is 9.47 Å². The van der Waals surface area contributed by atoms with E-state index >= 15 is 0 Å². The second-order valence-electron chi connectivity index (χ2n) is 4.79. The summed E-state index contributed by atoms with van der Waals surface area (Å²) in [5, 5.41) is 4.68.